The summed E-state index contributed by atoms with van der Waals surface area (Å²) in [5.41, 5.74) is -11.7. The Labute approximate surface area is 152 Å². The van der Waals surface area contributed by atoms with Gasteiger partial charge in [0.15, 0.2) is 10.8 Å². The Morgan fingerprint density at radius 3 is 1.35 bits per heavy atom. The van der Waals surface area contributed by atoms with Crippen LogP contribution in [0.2, 0.25) is 0 Å². The molecule has 1 aliphatic rings. The van der Waals surface area contributed by atoms with Crippen molar-refractivity contribution < 1.29 is 59.4 Å². The Balaban J connectivity index is 4.36. The first-order valence-electron chi connectivity index (χ1n) is 6.79. The van der Waals surface area contributed by atoms with Crippen LogP contribution in [0.1, 0.15) is 12.8 Å². The van der Waals surface area contributed by atoms with Gasteiger partial charge < -0.3 is 30.6 Å². The molecule has 144 valence electrons. The zero-order valence-electron chi connectivity index (χ0n) is 12.7. The Morgan fingerprint density at radius 2 is 1.12 bits per heavy atom. The molecule has 1 fully saturated rings. The average molecular weight is 441 g/mol. The van der Waals surface area contributed by atoms with Crippen molar-refractivity contribution in [3.8, 4) is 0 Å². The quantitative estimate of drug-likeness (QED) is 0.212. The molecule has 0 radical (unpaired) electrons. The molecular formula is C13H13BrO12. The fourth-order valence-corrected chi connectivity index (χ4v) is 4.62. The van der Waals surface area contributed by atoms with Crippen molar-refractivity contribution in [1.29, 1.82) is 0 Å². The van der Waals surface area contributed by atoms with Crippen LogP contribution in [0.3, 0.4) is 0 Å². The second kappa shape index (κ2) is 6.55. The molecule has 0 saturated heterocycles. The number of hydrogen-bond donors (Lipinski definition) is 6. The van der Waals surface area contributed by atoms with Gasteiger partial charge in [0.2, 0.25) is 5.41 Å². The van der Waals surface area contributed by atoms with Crippen LogP contribution in [0.5, 0.6) is 0 Å². The number of aliphatic carboxylic acids is 6. The molecule has 1 atom stereocenters. The van der Waals surface area contributed by atoms with Crippen molar-refractivity contribution in [3.63, 3.8) is 0 Å². The topological polar surface area (TPSA) is 224 Å². The van der Waals surface area contributed by atoms with E-state index in [-0.39, 0.29) is 0 Å². The molecule has 1 aliphatic carbocycles. The molecule has 1 saturated carbocycles. The molecule has 1 unspecified atom stereocenters. The van der Waals surface area contributed by atoms with Crippen LogP contribution in [-0.2, 0) is 28.8 Å². The van der Waals surface area contributed by atoms with Crippen LogP contribution in [0.4, 0.5) is 0 Å². The van der Waals surface area contributed by atoms with Gasteiger partial charge in [0.1, 0.15) is 0 Å². The van der Waals surface area contributed by atoms with Gasteiger partial charge in [-0.05, 0) is 18.8 Å². The smallest absolute Gasteiger partial charge is 0.324 e. The molecule has 1 rings (SSSR count). The van der Waals surface area contributed by atoms with Crippen molar-refractivity contribution in [1.82, 2.24) is 0 Å². The number of carboxylic acid groups (broad SMARTS) is 6. The molecular weight excluding hydrogens is 428 g/mol. The molecule has 0 spiro atoms. The molecule has 0 amide bonds. The fraction of sp³-hybridized carbons (Fsp3) is 0.538. The van der Waals surface area contributed by atoms with E-state index in [0.29, 0.717) is 0 Å². The summed E-state index contributed by atoms with van der Waals surface area (Å²) in [6.07, 6.45) is -1.78. The van der Waals surface area contributed by atoms with Crippen molar-refractivity contribution in [2.24, 2.45) is 22.2 Å². The highest BCUT2D eigenvalue weighted by Gasteiger charge is 2.87. The van der Waals surface area contributed by atoms with Crippen LogP contribution in [0.25, 0.3) is 0 Å². The van der Waals surface area contributed by atoms with Gasteiger partial charge in [-0.3, -0.25) is 28.8 Å². The van der Waals surface area contributed by atoms with Gasteiger partial charge in [0.25, 0.3) is 0 Å². The van der Waals surface area contributed by atoms with E-state index < -0.39 is 76.2 Å². The fourth-order valence-electron chi connectivity index (χ4n) is 3.81. The first-order chi connectivity index (χ1) is 11.8. The van der Waals surface area contributed by atoms with E-state index in [1.807, 2.05) is 0 Å². The van der Waals surface area contributed by atoms with E-state index in [9.17, 15) is 59.4 Å². The van der Waals surface area contributed by atoms with Crippen molar-refractivity contribution >= 4 is 51.7 Å². The van der Waals surface area contributed by atoms with Crippen LogP contribution in [0, 0.1) is 22.2 Å². The number of carboxylic acids is 6. The zero-order valence-corrected chi connectivity index (χ0v) is 14.3. The van der Waals surface area contributed by atoms with Crippen LogP contribution in [-0.4, -0.2) is 71.8 Å². The van der Waals surface area contributed by atoms with E-state index in [2.05, 4.69) is 15.9 Å². The first-order valence-corrected chi connectivity index (χ1v) is 7.91. The van der Waals surface area contributed by atoms with Gasteiger partial charge in [-0.25, -0.2) is 0 Å². The van der Waals surface area contributed by atoms with E-state index in [1.165, 1.54) is 0 Å². The third-order valence-electron chi connectivity index (χ3n) is 4.94. The van der Waals surface area contributed by atoms with Crippen molar-refractivity contribution in [2.75, 3.05) is 5.33 Å². The zero-order chi connectivity index (χ0) is 20.7. The average Bonchev–Trinajstić information content (AvgIpc) is 2.50. The molecule has 26 heavy (non-hydrogen) atoms. The van der Waals surface area contributed by atoms with Crippen LogP contribution < -0.4 is 0 Å². The van der Waals surface area contributed by atoms with E-state index >= 15 is 0 Å². The highest BCUT2D eigenvalue weighted by molar-refractivity contribution is 9.09. The molecule has 0 bridgehead atoms. The second-order valence-corrected chi connectivity index (χ2v) is 6.33. The van der Waals surface area contributed by atoms with Gasteiger partial charge in [-0.1, -0.05) is 15.9 Å². The summed E-state index contributed by atoms with van der Waals surface area (Å²) < 4.78 is 0. The molecule has 0 aromatic heterocycles. The third kappa shape index (κ3) is 2.06. The normalized spacial score (nSPS) is 22.7. The van der Waals surface area contributed by atoms with Gasteiger partial charge in [0, 0.05) is 5.33 Å². The number of carbonyl (C=O) groups is 6. The molecule has 6 N–H and O–H groups in total. The number of alkyl halides is 1. The summed E-state index contributed by atoms with van der Waals surface area (Å²) in [4.78, 5) is 71.3. The lowest BCUT2D eigenvalue weighted by Crippen LogP contribution is -2.76. The summed E-state index contributed by atoms with van der Waals surface area (Å²) in [7, 11) is 0. The summed E-state index contributed by atoms with van der Waals surface area (Å²) in [6.45, 7) is 0. The number of hydrogen-bond acceptors (Lipinski definition) is 6. The Hall–Kier alpha value is -2.70. The predicted molar refractivity (Wildman–Crippen MR) is 79.6 cm³/mol. The molecule has 0 aromatic rings. The number of rotatable bonds is 7. The van der Waals surface area contributed by atoms with E-state index in [1.54, 1.807) is 0 Å². The molecule has 0 heterocycles. The van der Waals surface area contributed by atoms with Crippen LogP contribution in [0.15, 0.2) is 0 Å². The third-order valence-corrected chi connectivity index (χ3v) is 5.73. The minimum Gasteiger partial charge on any atom is -0.480 e. The van der Waals surface area contributed by atoms with Gasteiger partial charge in [0.05, 0.1) is 0 Å². The van der Waals surface area contributed by atoms with Crippen LogP contribution >= 0.6 is 15.9 Å². The molecule has 12 nitrogen and oxygen atoms in total. The predicted octanol–water partition coefficient (Wildman–Crippen LogP) is -0.742. The Morgan fingerprint density at radius 1 is 0.731 bits per heavy atom. The lowest BCUT2D eigenvalue weighted by atomic mass is 9.41. The molecule has 13 heteroatoms. The van der Waals surface area contributed by atoms with E-state index in [0.717, 1.165) is 0 Å². The standard InChI is InChI=1S/C13H13BrO12/c14-3-4-1-2-11(5(15)16,6(17)18)13(9(23)24,10(25)26)12(4,7(19)20)8(21)22/h4H,1-3H2,(H,15,16)(H,17,18)(H,19,20)(H,21,22)(H,23,24)(H,25,26). The summed E-state index contributed by atoms with van der Waals surface area (Å²) in [5.74, 6) is -17.0. The number of halogens is 1. The monoisotopic (exact) mass is 440 g/mol. The minimum atomic E-state index is -4.23. The van der Waals surface area contributed by atoms with Crippen molar-refractivity contribution in [2.45, 2.75) is 12.8 Å². The highest BCUT2D eigenvalue weighted by atomic mass is 79.9. The largest absolute Gasteiger partial charge is 0.480 e. The maximum absolute atomic E-state index is 12.0. The maximum atomic E-state index is 12.0. The Bertz CT molecular complexity index is 668. The lowest BCUT2D eigenvalue weighted by molar-refractivity contribution is -0.231. The highest BCUT2D eigenvalue weighted by Crippen LogP contribution is 2.64. The summed E-state index contributed by atoms with van der Waals surface area (Å²) in [6, 6.07) is 0. The van der Waals surface area contributed by atoms with Gasteiger partial charge in [-0.2, -0.15) is 0 Å². The second-order valence-electron chi connectivity index (χ2n) is 5.68. The van der Waals surface area contributed by atoms with E-state index in [4.69, 9.17) is 0 Å². The summed E-state index contributed by atoms with van der Waals surface area (Å²) >= 11 is 2.78. The first kappa shape index (κ1) is 21.3. The molecule has 0 aromatic carbocycles. The SMILES string of the molecule is O=C(O)C1(C(=O)O)CCC(CBr)C(C(=O)O)(C(=O)O)C1(C(=O)O)C(=O)O. The maximum Gasteiger partial charge on any atom is 0.324 e. The minimum absolute atomic E-state index is 0.525. The Kier molecular flexibility index (Phi) is 5.38. The van der Waals surface area contributed by atoms with Gasteiger partial charge in [-0.15, -0.1) is 0 Å². The summed E-state index contributed by atoms with van der Waals surface area (Å²) in [5, 5.41) is 56.7. The van der Waals surface area contributed by atoms with Crippen molar-refractivity contribution in [3.05, 3.63) is 0 Å². The lowest BCUT2D eigenvalue weighted by Gasteiger charge is -2.53. The van der Waals surface area contributed by atoms with Gasteiger partial charge >= 0.3 is 35.8 Å². The molecule has 0 aliphatic heterocycles.